The summed E-state index contributed by atoms with van der Waals surface area (Å²) in [5.41, 5.74) is 6.73. The molecule has 1 aromatic heterocycles. The molecule has 0 saturated heterocycles. The zero-order valence-corrected chi connectivity index (χ0v) is 12.7. The Morgan fingerprint density at radius 3 is 2.55 bits per heavy atom. The smallest absolute Gasteiger partial charge is 0.241 e. The molecule has 0 fully saturated rings. The molecule has 0 radical (unpaired) electrons. The lowest BCUT2D eigenvalue weighted by Gasteiger charge is -2.09. The average Bonchev–Trinajstić information content (AvgIpc) is 2.79. The van der Waals surface area contributed by atoms with Gasteiger partial charge in [-0.15, -0.1) is 0 Å². The molecule has 20 heavy (non-hydrogen) atoms. The third kappa shape index (κ3) is 3.15. The highest BCUT2D eigenvalue weighted by Gasteiger charge is 2.17. The Bertz CT molecular complexity index is 715. The molecule has 2 aromatic rings. The van der Waals surface area contributed by atoms with E-state index in [9.17, 15) is 8.42 Å². The molecule has 0 saturated carbocycles. The molecule has 7 heteroatoms. The first-order valence-electron chi connectivity index (χ1n) is 5.90. The molecule has 3 N–H and O–H groups in total. The van der Waals surface area contributed by atoms with Gasteiger partial charge < -0.3 is 10.2 Å². The fraction of sp³-hybridized carbons (Fsp3) is 0.231. The third-order valence-corrected chi connectivity index (χ3v) is 4.67. The van der Waals surface area contributed by atoms with Crippen LogP contribution in [-0.2, 0) is 16.6 Å². The number of benzene rings is 1. The number of furan rings is 1. The van der Waals surface area contributed by atoms with E-state index in [2.05, 4.69) is 4.72 Å². The standard InChI is InChI=1S/C13H15ClN2O3S/c1-8-3-4-10(19-8)7-16-20(17,18)11-5-12(14)9(2)13(15)6-11/h3-6,16H,7,15H2,1-2H3. The summed E-state index contributed by atoms with van der Waals surface area (Å²) in [5, 5.41) is 0.319. The quantitative estimate of drug-likeness (QED) is 0.849. The van der Waals surface area contributed by atoms with Gasteiger partial charge in [0.15, 0.2) is 0 Å². The predicted molar refractivity (Wildman–Crippen MR) is 78.1 cm³/mol. The van der Waals surface area contributed by atoms with Crippen LogP contribution in [0.2, 0.25) is 5.02 Å². The molecule has 1 heterocycles. The second kappa shape index (κ2) is 5.47. The van der Waals surface area contributed by atoms with E-state index in [1.807, 2.05) is 0 Å². The van der Waals surface area contributed by atoms with Crippen LogP contribution in [0.4, 0.5) is 5.69 Å². The first kappa shape index (κ1) is 14.9. The number of sulfonamides is 1. The number of hydrogen-bond donors (Lipinski definition) is 2. The fourth-order valence-corrected chi connectivity index (χ4v) is 3.00. The van der Waals surface area contributed by atoms with Crippen molar-refractivity contribution in [1.82, 2.24) is 4.72 Å². The number of aryl methyl sites for hydroxylation is 1. The second-order valence-corrected chi connectivity index (χ2v) is 6.63. The van der Waals surface area contributed by atoms with Crippen molar-refractivity contribution in [1.29, 1.82) is 0 Å². The summed E-state index contributed by atoms with van der Waals surface area (Å²) in [6.07, 6.45) is 0. The summed E-state index contributed by atoms with van der Waals surface area (Å²) >= 11 is 5.95. The number of nitrogens with one attached hydrogen (secondary N) is 1. The van der Waals surface area contributed by atoms with Gasteiger partial charge in [-0.2, -0.15) is 0 Å². The topological polar surface area (TPSA) is 85.3 Å². The molecule has 0 atom stereocenters. The van der Waals surface area contributed by atoms with Gasteiger partial charge in [0.1, 0.15) is 11.5 Å². The van der Waals surface area contributed by atoms with Gasteiger partial charge in [-0.1, -0.05) is 11.6 Å². The van der Waals surface area contributed by atoms with E-state index in [1.165, 1.54) is 12.1 Å². The van der Waals surface area contributed by atoms with E-state index in [1.54, 1.807) is 26.0 Å². The predicted octanol–water partition coefficient (Wildman–Crippen LogP) is 2.61. The number of halogens is 1. The van der Waals surface area contributed by atoms with Gasteiger partial charge in [0.25, 0.3) is 0 Å². The van der Waals surface area contributed by atoms with Crippen LogP contribution in [0.1, 0.15) is 17.1 Å². The molecule has 108 valence electrons. The summed E-state index contributed by atoms with van der Waals surface area (Å²) in [6, 6.07) is 6.25. The Hall–Kier alpha value is -1.50. The highest BCUT2D eigenvalue weighted by molar-refractivity contribution is 7.89. The fourth-order valence-electron chi connectivity index (χ4n) is 1.66. The second-order valence-electron chi connectivity index (χ2n) is 4.46. The Morgan fingerprint density at radius 2 is 2.00 bits per heavy atom. The minimum atomic E-state index is -3.69. The lowest BCUT2D eigenvalue weighted by molar-refractivity contribution is 0.475. The minimum Gasteiger partial charge on any atom is -0.465 e. The largest absolute Gasteiger partial charge is 0.465 e. The minimum absolute atomic E-state index is 0.0360. The maximum Gasteiger partial charge on any atom is 0.241 e. The van der Waals surface area contributed by atoms with E-state index in [0.29, 0.717) is 22.0 Å². The molecule has 0 spiro atoms. The molecule has 2 rings (SSSR count). The molecule has 5 nitrogen and oxygen atoms in total. The van der Waals surface area contributed by atoms with Crippen LogP contribution in [-0.4, -0.2) is 8.42 Å². The van der Waals surface area contributed by atoms with Crippen molar-refractivity contribution in [2.45, 2.75) is 25.3 Å². The number of nitrogens with two attached hydrogens (primary N) is 1. The number of anilines is 1. The van der Waals surface area contributed by atoms with Gasteiger partial charge >= 0.3 is 0 Å². The molecule has 0 aliphatic heterocycles. The summed E-state index contributed by atoms with van der Waals surface area (Å²) < 4.78 is 32.1. The maximum absolute atomic E-state index is 12.2. The van der Waals surface area contributed by atoms with Crippen LogP contribution in [0.25, 0.3) is 0 Å². The van der Waals surface area contributed by atoms with Crippen molar-refractivity contribution in [2.24, 2.45) is 0 Å². The van der Waals surface area contributed by atoms with Gasteiger partial charge in [0, 0.05) is 10.7 Å². The molecule has 0 aliphatic carbocycles. The Balaban J connectivity index is 2.22. The molecule has 0 bridgehead atoms. The van der Waals surface area contributed by atoms with E-state index in [4.69, 9.17) is 21.8 Å². The lowest BCUT2D eigenvalue weighted by Crippen LogP contribution is -2.23. The van der Waals surface area contributed by atoms with E-state index in [-0.39, 0.29) is 11.4 Å². The maximum atomic E-state index is 12.2. The van der Waals surface area contributed by atoms with E-state index < -0.39 is 10.0 Å². The Labute approximate surface area is 122 Å². The Kier molecular flexibility index (Phi) is 4.08. The van der Waals surface area contributed by atoms with Gasteiger partial charge in [0.05, 0.1) is 11.4 Å². The summed E-state index contributed by atoms with van der Waals surface area (Å²) in [4.78, 5) is 0.0360. The zero-order chi connectivity index (χ0) is 14.9. The molecule has 0 amide bonds. The first-order chi connectivity index (χ1) is 9.29. The number of rotatable bonds is 4. The van der Waals surface area contributed by atoms with Gasteiger partial charge in [-0.05, 0) is 43.7 Å². The van der Waals surface area contributed by atoms with Gasteiger partial charge in [-0.25, -0.2) is 13.1 Å². The van der Waals surface area contributed by atoms with Crippen LogP contribution in [0.3, 0.4) is 0 Å². The normalized spacial score (nSPS) is 11.8. The molecular formula is C13H15ClN2O3S. The van der Waals surface area contributed by atoms with Crippen molar-refractivity contribution in [3.05, 3.63) is 46.4 Å². The first-order valence-corrected chi connectivity index (χ1v) is 7.76. The monoisotopic (exact) mass is 314 g/mol. The van der Waals surface area contributed by atoms with Gasteiger partial charge in [-0.3, -0.25) is 0 Å². The molecule has 0 unspecified atom stereocenters. The van der Waals surface area contributed by atoms with Crippen LogP contribution in [0, 0.1) is 13.8 Å². The zero-order valence-electron chi connectivity index (χ0n) is 11.1. The summed E-state index contributed by atoms with van der Waals surface area (Å²) in [7, 11) is -3.69. The van der Waals surface area contributed by atoms with Crippen molar-refractivity contribution in [3.8, 4) is 0 Å². The average molecular weight is 315 g/mol. The van der Waals surface area contributed by atoms with E-state index in [0.717, 1.165) is 5.76 Å². The van der Waals surface area contributed by atoms with Crippen molar-refractivity contribution >= 4 is 27.3 Å². The van der Waals surface area contributed by atoms with Crippen molar-refractivity contribution in [2.75, 3.05) is 5.73 Å². The number of hydrogen-bond acceptors (Lipinski definition) is 4. The SMILES string of the molecule is Cc1ccc(CNS(=O)(=O)c2cc(N)c(C)c(Cl)c2)o1. The molecular weight excluding hydrogens is 300 g/mol. The lowest BCUT2D eigenvalue weighted by atomic mass is 10.2. The van der Waals surface area contributed by atoms with E-state index >= 15 is 0 Å². The molecule has 0 aliphatic rings. The van der Waals surface area contributed by atoms with Crippen LogP contribution >= 0.6 is 11.6 Å². The summed E-state index contributed by atoms with van der Waals surface area (Å²) in [6.45, 7) is 3.59. The number of nitrogen functional groups attached to an aromatic ring is 1. The van der Waals surface area contributed by atoms with Gasteiger partial charge in [0.2, 0.25) is 10.0 Å². The highest BCUT2D eigenvalue weighted by Crippen LogP contribution is 2.25. The highest BCUT2D eigenvalue weighted by atomic mass is 35.5. The van der Waals surface area contributed by atoms with Crippen molar-refractivity contribution in [3.63, 3.8) is 0 Å². The van der Waals surface area contributed by atoms with Crippen LogP contribution in [0.15, 0.2) is 33.6 Å². The summed E-state index contributed by atoms with van der Waals surface area (Å²) in [5.74, 6) is 1.26. The van der Waals surface area contributed by atoms with Crippen LogP contribution < -0.4 is 10.5 Å². The Morgan fingerprint density at radius 1 is 1.30 bits per heavy atom. The molecule has 1 aromatic carbocycles. The van der Waals surface area contributed by atoms with Crippen LogP contribution in [0.5, 0.6) is 0 Å². The third-order valence-electron chi connectivity index (χ3n) is 2.90. The van der Waals surface area contributed by atoms with Crippen molar-refractivity contribution < 1.29 is 12.8 Å².